The van der Waals surface area contributed by atoms with Crippen LogP contribution in [0.15, 0.2) is 42.5 Å². The maximum absolute atomic E-state index is 13.7. The molecule has 2 aromatic rings. The lowest BCUT2D eigenvalue weighted by Crippen LogP contribution is -2.07. The molecule has 0 saturated heterocycles. The summed E-state index contributed by atoms with van der Waals surface area (Å²) >= 11 is 6.10. The van der Waals surface area contributed by atoms with Crippen LogP contribution >= 0.6 is 11.6 Å². The first-order valence-electron chi connectivity index (χ1n) is 5.86. The van der Waals surface area contributed by atoms with E-state index in [2.05, 4.69) is 0 Å². The zero-order chi connectivity index (χ0) is 14.9. The predicted molar refractivity (Wildman–Crippen MR) is 70.3 cm³/mol. The van der Waals surface area contributed by atoms with E-state index in [1.807, 2.05) is 6.92 Å². The van der Waals surface area contributed by atoms with Crippen molar-refractivity contribution in [2.45, 2.75) is 18.5 Å². The Bertz CT molecular complexity index is 602. The van der Waals surface area contributed by atoms with Crippen molar-refractivity contribution >= 4 is 11.6 Å². The van der Waals surface area contributed by atoms with E-state index >= 15 is 0 Å². The molecule has 1 atom stereocenters. The van der Waals surface area contributed by atoms with Gasteiger partial charge in [0.1, 0.15) is 5.82 Å². The molecular formula is C15H11ClF4. The molecule has 0 aromatic heterocycles. The number of alkyl halides is 4. The van der Waals surface area contributed by atoms with Gasteiger partial charge in [0.25, 0.3) is 0 Å². The van der Waals surface area contributed by atoms with E-state index in [0.717, 1.165) is 17.7 Å². The minimum Gasteiger partial charge on any atom is -0.207 e. The van der Waals surface area contributed by atoms with Crippen molar-refractivity contribution in [2.24, 2.45) is 0 Å². The lowest BCUT2D eigenvalue weighted by atomic mass is 10.0. The van der Waals surface area contributed by atoms with Gasteiger partial charge in [0.05, 0.1) is 10.9 Å². The first-order chi connectivity index (χ1) is 9.29. The van der Waals surface area contributed by atoms with E-state index in [0.29, 0.717) is 11.6 Å². The molecule has 0 fully saturated rings. The van der Waals surface area contributed by atoms with Crippen LogP contribution in [0, 0.1) is 12.7 Å². The molecular weight excluding hydrogens is 292 g/mol. The van der Waals surface area contributed by atoms with Crippen molar-refractivity contribution < 1.29 is 17.6 Å². The van der Waals surface area contributed by atoms with Crippen LogP contribution in [0.2, 0.25) is 0 Å². The first kappa shape index (κ1) is 14.9. The van der Waals surface area contributed by atoms with Crippen molar-refractivity contribution in [2.75, 3.05) is 0 Å². The standard InChI is InChI=1S/C15H11ClF4/c1-9-2-4-10(5-3-9)14(16)12-8-11(15(18,19)20)6-7-13(12)17/h2-8,14H,1H3. The van der Waals surface area contributed by atoms with Crippen molar-refractivity contribution in [1.29, 1.82) is 0 Å². The van der Waals surface area contributed by atoms with Gasteiger partial charge in [-0.15, -0.1) is 11.6 Å². The number of rotatable bonds is 2. The van der Waals surface area contributed by atoms with Crippen molar-refractivity contribution in [1.82, 2.24) is 0 Å². The Morgan fingerprint density at radius 3 is 2.15 bits per heavy atom. The van der Waals surface area contributed by atoms with Crippen LogP contribution < -0.4 is 0 Å². The molecule has 0 N–H and O–H groups in total. The lowest BCUT2D eigenvalue weighted by Gasteiger charge is -2.14. The van der Waals surface area contributed by atoms with Crippen LogP contribution in [0.25, 0.3) is 0 Å². The van der Waals surface area contributed by atoms with Crippen molar-refractivity contribution in [3.05, 3.63) is 70.5 Å². The van der Waals surface area contributed by atoms with E-state index in [1.54, 1.807) is 24.3 Å². The van der Waals surface area contributed by atoms with Gasteiger partial charge in [0.2, 0.25) is 0 Å². The third kappa shape index (κ3) is 3.12. The molecule has 0 spiro atoms. The highest BCUT2D eigenvalue weighted by atomic mass is 35.5. The summed E-state index contributed by atoms with van der Waals surface area (Å²) in [5.41, 5.74) is 0.453. The third-order valence-electron chi connectivity index (χ3n) is 2.97. The summed E-state index contributed by atoms with van der Waals surface area (Å²) in [5.74, 6) is -0.751. The van der Waals surface area contributed by atoms with Crippen LogP contribution in [-0.4, -0.2) is 0 Å². The van der Waals surface area contributed by atoms with Crippen LogP contribution in [0.1, 0.15) is 27.6 Å². The second-order valence-corrected chi connectivity index (χ2v) is 4.94. The monoisotopic (exact) mass is 302 g/mol. The molecule has 0 aliphatic rings. The number of benzene rings is 2. The molecule has 0 amide bonds. The topological polar surface area (TPSA) is 0 Å². The third-order valence-corrected chi connectivity index (χ3v) is 3.45. The Hall–Kier alpha value is -1.55. The maximum atomic E-state index is 13.7. The summed E-state index contributed by atoms with van der Waals surface area (Å²) in [7, 11) is 0. The Kier molecular flexibility index (Phi) is 4.04. The molecule has 1 unspecified atom stereocenters. The van der Waals surface area contributed by atoms with Crippen LogP contribution in [0.5, 0.6) is 0 Å². The molecule has 5 heteroatoms. The van der Waals surface area contributed by atoms with Crippen LogP contribution in [0.4, 0.5) is 17.6 Å². The SMILES string of the molecule is Cc1ccc(C(Cl)c2cc(C(F)(F)F)ccc2F)cc1. The van der Waals surface area contributed by atoms with Gasteiger partial charge < -0.3 is 0 Å². The Balaban J connectivity index is 2.43. The molecule has 0 radical (unpaired) electrons. The first-order valence-corrected chi connectivity index (χ1v) is 6.30. The van der Waals surface area contributed by atoms with Gasteiger partial charge >= 0.3 is 6.18 Å². The normalized spacial score (nSPS) is 13.3. The average molecular weight is 303 g/mol. The molecule has 106 valence electrons. The predicted octanol–water partition coefficient (Wildman–Crippen LogP) is 5.48. The number of hydrogen-bond acceptors (Lipinski definition) is 0. The summed E-state index contributed by atoms with van der Waals surface area (Å²) in [6.45, 7) is 1.87. The van der Waals surface area contributed by atoms with E-state index in [4.69, 9.17) is 11.6 Å². The summed E-state index contributed by atoms with van der Waals surface area (Å²) in [6.07, 6.45) is -4.52. The van der Waals surface area contributed by atoms with E-state index in [-0.39, 0.29) is 5.56 Å². The van der Waals surface area contributed by atoms with Gasteiger partial charge in [0.15, 0.2) is 0 Å². The van der Waals surface area contributed by atoms with Crippen LogP contribution in [0.3, 0.4) is 0 Å². The zero-order valence-electron chi connectivity index (χ0n) is 10.5. The Morgan fingerprint density at radius 1 is 1.00 bits per heavy atom. The lowest BCUT2D eigenvalue weighted by molar-refractivity contribution is -0.137. The molecule has 0 saturated carbocycles. The largest absolute Gasteiger partial charge is 0.416 e. The van der Waals surface area contributed by atoms with Gasteiger partial charge in [0, 0.05) is 5.56 Å². The molecule has 0 aliphatic carbocycles. The summed E-state index contributed by atoms with van der Waals surface area (Å²) in [4.78, 5) is 0. The fraction of sp³-hybridized carbons (Fsp3) is 0.200. The molecule has 2 aromatic carbocycles. The maximum Gasteiger partial charge on any atom is 0.416 e. The number of aryl methyl sites for hydroxylation is 1. The Morgan fingerprint density at radius 2 is 1.60 bits per heavy atom. The van der Waals surface area contributed by atoms with Gasteiger partial charge in [-0.25, -0.2) is 4.39 Å². The highest BCUT2D eigenvalue weighted by Gasteiger charge is 2.32. The fourth-order valence-corrected chi connectivity index (χ4v) is 2.14. The van der Waals surface area contributed by atoms with Gasteiger partial charge in [-0.2, -0.15) is 13.2 Å². The highest BCUT2D eigenvalue weighted by Crippen LogP contribution is 2.36. The second kappa shape index (κ2) is 5.44. The smallest absolute Gasteiger partial charge is 0.207 e. The summed E-state index contributed by atoms with van der Waals surface area (Å²) in [5, 5.41) is -0.960. The molecule has 0 heterocycles. The summed E-state index contributed by atoms with van der Waals surface area (Å²) in [6, 6.07) is 9.15. The summed E-state index contributed by atoms with van der Waals surface area (Å²) < 4.78 is 51.7. The second-order valence-electron chi connectivity index (χ2n) is 4.51. The Labute approximate surface area is 119 Å². The van der Waals surface area contributed by atoms with Gasteiger partial charge in [-0.05, 0) is 30.7 Å². The van der Waals surface area contributed by atoms with Crippen molar-refractivity contribution in [3.8, 4) is 0 Å². The molecule has 0 nitrogen and oxygen atoms in total. The van der Waals surface area contributed by atoms with E-state index in [9.17, 15) is 17.6 Å². The fourth-order valence-electron chi connectivity index (χ4n) is 1.83. The molecule has 2 rings (SSSR count). The molecule has 20 heavy (non-hydrogen) atoms. The van der Waals surface area contributed by atoms with Crippen LogP contribution in [-0.2, 0) is 6.18 Å². The van der Waals surface area contributed by atoms with Gasteiger partial charge in [-0.1, -0.05) is 29.8 Å². The number of halogens is 5. The van der Waals surface area contributed by atoms with Gasteiger partial charge in [-0.3, -0.25) is 0 Å². The molecule has 0 bridgehead atoms. The van der Waals surface area contributed by atoms with Crippen molar-refractivity contribution in [3.63, 3.8) is 0 Å². The van der Waals surface area contributed by atoms with E-state index in [1.165, 1.54) is 0 Å². The quantitative estimate of drug-likeness (QED) is 0.509. The highest BCUT2D eigenvalue weighted by molar-refractivity contribution is 6.22. The van der Waals surface area contributed by atoms with E-state index < -0.39 is 22.9 Å². The average Bonchev–Trinajstić information content (AvgIpc) is 2.38. The zero-order valence-corrected chi connectivity index (χ0v) is 11.3. The number of hydrogen-bond donors (Lipinski definition) is 0. The minimum atomic E-state index is -4.52. The molecule has 0 aliphatic heterocycles. The minimum absolute atomic E-state index is 0.176.